The van der Waals surface area contributed by atoms with E-state index in [0.29, 0.717) is 24.2 Å². The summed E-state index contributed by atoms with van der Waals surface area (Å²) in [6.07, 6.45) is 53.9. The van der Waals surface area contributed by atoms with Crippen LogP contribution in [0.5, 0.6) is 0 Å². The van der Waals surface area contributed by atoms with Crippen LogP contribution in [0.2, 0.25) is 0 Å². The zero-order valence-corrected chi connectivity index (χ0v) is 41.9. The first kappa shape index (κ1) is 45.5. The maximum Gasteiger partial charge on any atom is 0.133 e. The molecule has 0 amide bonds. The van der Waals surface area contributed by atoms with E-state index in [1.165, 1.54) is 218 Å². The summed E-state index contributed by atoms with van der Waals surface area (Å²) in [5.41, 5.74) is 6.93. The van der Waals surface area contributed by atoms with Crippen LogP contribution in [0.15, 0.2) is 0 Å². The van der Waals surface area contributed by atoms with Crippen molar-refractivity contribution in [3.8, 4) is 0 Å². The number of hydrogen-bond donors (Lipinski definition) is 4. The normalized spacial score (nSPS) is 51.3. The average Bonchev–Trinajstić information content (AvgIpc) is 4.22. The maximum absolute atomic E-state index is 6.27. The highest BCUT2D eigenvalue weighted by molar-refractivity contribution is 5.16. The number of likely N-dealkylation sites (tertiary alicyclic amines) is 2. The number of fused-ring (bicyclic) bond motifs is 7. The standard InChI is InChI=1S/C58H98N6O2/c1-3-11-41(12-4-1)55-59-57(65-61-55)43-23-19-37(20-24-43)39-27-31-45(32-28-39)63-49-17-9-7-15-47(49)53-51(63)35-36-52-54(53)48-16-8-10-18-50(48)64(52)46-33-29-40(30-34-46)38-21-25-44(26-22-38)58-60-56(62-66-58)42-13-5-2-6-14-42/h37-62H,1-36H2. The molecule has 12 atom stereocenters. The SMILES string of the molecule is C1CCC(C2NOC(C3CCC(C4CCC(N5C6CCCCC6C6C7C8CCCCC8N(C8CCC(C9CCC(C%10NC(C%11CCCCC%11)NO%10)CC9)CC8)C7CCC65)CC4)CC3)N2)CC1. The number of hydrogen-bond acceptors (Lipinski definition) is 8. The van der Waals surface area contributed by atoms with E-state index in [1.54, 1.807) is 12.8 Å². The molecule has 0 radical (unpaired) electrons. The molecular weight excluding hydrogens is 813 g/mol. The molecule has 13 fully saturated rings. The quantitative estimate of drug-likeness (QED) is 0.192. The molecule has 9 saturated carbocycles. The van der Waals surface area contributed by atoms with Gasteiger partial charge in [0, 0.05) is 48.1 Å². The number of hydroxylamine groups is 2. The Morgan fingerprint density at radius 3 is 1.00 bits per heavy atom. The fourth-order valence-corrected chi connectivity index (χ4v) is 20.8. The van der Waals surface area contributed by atoms with Crippen molar-refractivity contribution >= 4 is 0 Å². The molecule has 0 bridgehead atoms. The van der Waals surface area contributed by atoms with Crippen LogP contribution in [0.25, 0.3) is 0 Å². The van der Waals surface area contributed by atoms with Crippen LogP contribution in [-0.2, 0) is 9.68 Å². The Balaban J connectivity index is 0.612. The smallest absolute Gasteiger partial charge is 0.133 e. The Kier molecular flexibility index (Phi) is 14.0. The van der Waals surface area contributed by atoms with E-state index >= 15 is 0 Å². The van der Waals surface area contributed by atoms with Gasteiger partial charge in [-0.25, -0.2) is 0 Å². The molecule has 0 aromatic carbocycles. The van der Waals surface area contributed by atoms with Crippen LogP contribution in [0.4, 0.5) is 0 Å². The molecule has 0 spiro atoms. The number of rotatable bonds is 8. The topological polar surface area (TPSA) is 73.1 Å². The lowest BCUT2D eigenvalue weighted by atomic mass is 9.61. The van der Waals surface area contributed by atoms with Gasteiger partial charge in [-0.2, -0.15) is 11.0 Å². The summed E-state index contributed by atoms with van der Waals surface area (Å²) in [6, 6.07) is 5.43. The third kappa shape index (κ3) is 8.79. The summed E-state index contributed by atoms with van der Waals surface area (Å²) in [6.45, 7) is 0. The minimum absolute atomic E-state index is 0.244. The zero-order chi connectivity index (χ0) is 43.6. The van der Waals surface area contributed by atoms with Crippen LogP contribution in [-0.4, -0.2) is 70.8 Å². The van der Waals surface area contributed by atoms with Crippen LogP contribution in [0.1, 0.15) is 231 Å². The molecule has 0 aromatic heterocycles. The second-order valence-corrected chi connectivity index (χ2v) is 26.7. The molecule has 372 valence electrons. The van der Waals surface area contributed by atoms with Gasteiger partial charge >= 0.3 is 0 Å². The number of nitrogens with zero attached hydrogens (tertiary/aromatic N) is 2. The van der Waals surface area contributed by atoms with Crippen molar-refractivity contribution in [3.63, 3.8) is 0 Å². The van der Waals surface area contributed by atoms with E-state index in [4.69, 9.17) is 9.68 Å². The van der Waals surface area contributed by atoms with Crippen molar-refractivity contribution < 1.29 is 9.68 Å². The summed E-state index contributed by atoms with van der Waals surface area (Å²) in [4.78, 5) is 19.3. The molecule has 4 heterocycles. The van der Waals surface area contributed by atoms with Gasteiger partial charge in [0.2, 0.25) is 0 Å². The van der Waals surface area contributed by atoms with Gasteiger partial charge in [0.05, 0.1) is 12.3 Å². The average molecular weight is 911 g/mol. The van der Waals surface area contributed by atoms with Crippen LogP contribution < -0.4 is 21.6 Å². The van der Waals surface area contributed by atoms with Gasteiger partial charge in [0.15, 0.2) is 0 Å². The van der Waals surface area contributed by atoms with Crippen LogP contribution in [0.3, 0.4) is 0 Å². The Bertz CT molecular complexity index is 1440. The Morgan fingerprint density at radius 1 is 0.273 bits per heavy atom. The molecule has 9 aliphatic carbocycles. The monoisotopic (exact) mass is 911 g/mol. The van der Waals surface area contributed by atoms with E-state index in [-0.39, 0.29) is 12.5 Å². The van der Waals surface area contributed by atoms with Gasteiger partial charge in [0.1, 0.15) is 12.5 Å². The van der Waals surface area contributed by atoms with Crippen molar-refractivity contribution in [2.45, 2.75) is 292 Å². The first-order valence-corrected chi connectivity index (χ1v) is 30.6. The highest BCUT2D eigenvalue weighted by Crippen LogP contribution is 2.61. The molecule has 13 aliphatic rings. The molecule has 4 N–H and O–H groups in total. The van der Waals surface area contributed by atoms with Gasteiger partial charge in [-0.1, -0.05) is 64.2 Å². The minimum atomic E-state index is 0.244. The Hall–Kier alpha value is -0.320. The summed E-state index contributed by atoms with van der Waals surface area (Å²) >= 11 is 0. The van der Waals surface area contributed by atoms with Crippen molar-refractivity contribution in [3.05, 3.63) is 0 Å². The van der Waals surface area contributed by atoms with Crippen molar-refractivity contribution in [1.82, 2.24) is 31.4 Å². The third-order valence-electron chi connectivity index (χ3n) is 23.9. The lowest BCUT2D eigenvalue weighted by molar-refractivity contribution is -0.0318. The second kappa shape index (κ2) is 20.3. The Labute approximate surface area is 402 Å². The van der Waals surface area contributed by atoms with Gasteiger partial charge < -0.3 is 0 Å². The van der Waals surface area contributed by atoms with Crippen LogP contribution >= 0.6 is 0 Å². The first-order chi connectivity index (χ1) is 32.7. The molecule has 0 aromatic rings. The van der Waals surface area contributed by atoms with E-state index in [2.05, 4.69) is 31.4 Å². The minimum Gasteiger partial charge on any atom is -0.294 e. The molecule has 12 unspecified atom stereocenters. The van der Waals surface area contributed by atoms with E-state index in [9.17, 15) is 0 Å². The molecule has 13 rings (SSSR count). The highest BCUT2D eigenvalue weighted by atomic mass is 16.7. The third-order valence-corrected chi connectivity index (χ3v) is 23.9. The lowest BCUT2D eigenvalue weighted by Gasteiger charge is -2.48. The van der Waals surface area contributed by atoms with Gasteiger partial charge in [-0.3, -0.25) is 30.1 Å². The maximum atomic E-state index is 6.27. The highest BCUT2D eigenvalue weighted by Gasteiger charge is 2.63. The molecule has 8 nitrogen and oxygen atoms in total. The van der Waals surface area contributed by atoms with Crippen molar-refractivity contribution in [2.24, 2.45) is 71.0 Å². The van der Waals surface area contributed by atoms with Crippen molar-refractivity contribution in [1.29, 1.82) is 0 Å². The second-order valence-electron chi connectivity index (χ2n) is 26.7. The summed E-state index contributed by atoms with van der Waals surface area (Å²) in [5, 5.41) is 7.87. The van der Waals surface area contributed by atoms with Crippen molar-refractivity contribution in [2.75, 3.05) is 0 Å². The molecular formula is C58H98N6O2. The Morgan fingerprint density at radius 2 is 0.606 bits per heavy atom. The van der Waals surface area contributed by atoms with Gasteiger partial charge in [0.25, 0.3) is 0 Å². The fourth-order valence-electron chi connectivity index (χ4n) is 20.8. The largest absolute Gasteiger partial charge is 0.294 e. The van der Waals surface area contributed by atoms with E-state index in [1.807, 2.05) is 0 Å². The molecule has 4 aliphatic heterocycles. The summed E-state index contributed by atoms with van der Waals surface area (Å²) < 4.78 is 0. The number of nitrogens with one attached hydrogen (secondary N) is 4. The van der Waals surface area contributed by atoms with E-state index in [0.717, 1.165) is 95.4 Å². The lowest BCUT2D eigenvalue weighted by Crippen LogP contribution is -2.53. The molecule has 4 saturated heterocycles. The molecule has 66 heavy (non-hydrogen) atoms. The van der Waals surface area contributed by atoms with E-state index < -0.39 is 0 Å². The van der Waals surface area contributed by atoms with Gasteiger partial charge in [-0.05, 0) is 226 Å². The summed E-state index contributed by atoms with van der Waals surface area (Å²) in [7, 11) is 0. The van der Waals surface area contributed by atoms with Gasteiger partial charge in [-0.15, -0.1) is 0 Å². The predicted molar refractivity (Wildman–Crippen MR) is 264 cm³/mol. The predicted octanol–water partition coefficient (Wildman–Crippen LogP) is 11.9. The zero-order valence-electron chi connectivity index (χ0n) is 41.9. The summed E-state index contributed by atoms with van der Waals surface area (Å²) in [5.74, 6) is 10.9. The first-order valence-electron chi connectivity index (χ1n) is 30.6. The fraction of sp³-hybridized carbons (Fsp3) is 1.00. The molecule has 8 heteroatoms. The van der Waals surface area contributed by atoms with Crippen LogP contribution in [0, 0.1) is 71.0 Å².